The average molecular weight is 404 g/mol. The number of hydrogen-bond acceptors (Lipinski definition) is 7. The zero-order chi connectivity index (χ0) is 19.9. The average Bonchev–Trinajstić information content (AvgIpc) is 3.43. The first-order valence-corrected chi connectivity index (χ1v) is 9.69. The molecule has 0 bridgehead atoms. The van der Waals surface area contributed by atoms with Gasteiger partial charge in [-0.3, -0.25) is 14.3 Å². The summed E-state index contributed by atoms with van der Waals surface area (Å²) in [5, 5.41) is 13.1. The van der Waals surface area contributed by atoms with Crippen LogP contribution in [0, 0.1) is 0 Å². The van der Waals surface area contributed by atoms with Crippen molar-refractivity contribution >= 4 is 23.9 Å². The van der Waals surface area contributed by atoms with E-state index in [1.807, 2.05) is 47.0 Å². The Morgan fingerprint density at radius 3 is 2.79 bits per heavy atom. The summed E-state index contributed by atoms with van der Waals surface area (Å²) in [6.45, 7) is 0. The van der Waals surface area contributed by atoms with E-state index in [9.17, 15) is 4.79 Å². The van der Waals surface area contributed by atoms with Crippen molar-refractivity contribution in [1.29, 1.82) is 0 Å². The number of nitrogens with zero attached hydrogens (tertiary/aromatic N) is 5. The largest absolute Gasteiger partial charge is 0.463 e. The predicted octanol–water partition coefficient (Wildman–Crippen LogP) is 3.16. The van der Waals surface area contributed by atoms with Gasteiger partial charge in [0.05, 0.1) is 30.1 Å². The molecule has 3 heterocycles. The summed E-state index contributed by atoms with van der Waals surface area (Å²) in [6.07, 6.45) is 6.41. The third kappa shape index (κ3) is 4.58. The molecule has 0 radical (unpaired) electrons. The fourth-order valence-corrected chi connectivity index (χ4v) is 3.30. The summed E-state index contributed by atoms with van der Waals surface area (Å²) < 4.78 is 7.00. The molecular formula is C20H16N6O2S. The molecule has 0 aliphatic heterocycles. The lowest BCUT2D eigenvalue weighted by atomic mass is 10.2. The van der Waals surface area contributed by atoms with E-state index >= 15 is 0 Å². The van der Waals surface area contributed by atoms with E-state index < -0.39 is 0 Å². The normalized spacial score (nSPS) is 11.0. The molecule has 0 spiro atoms. The van der Waals surface area contributed by atoms with E-state index in [4.69, 9.17) is 4.42 Å². The van der Waals surface area contributed by atoms with Crippen LogP contribution in [0.1, 0.15) is 5.76 Å². The van der Waals surface area contributed by atoms with Crippen molar-refractivity contribution in [2.24, 2.45) is 5.10 Å². The molecule has 8 nitrogen and oxygen atoms in total. The zero-order valence-electron chi connectivity index (χ0n) is 15.2. The van der Waals surface area contributed by atoms with Crippen LogP contribution in [0.2, 0.25) is 0 Å². The fourth-order valence-electron chi connectivity index (χ4n) is 2.55. The van der Waals surface area contributed by atoms with Crippen molar-refractivity contribution in [1.82, 2.24) is 25.2 Å². The molecule has 1 N–H and O–H groups in total. The number of rotatable bonds is 7. The molecule has 0 aliphatic rings. The van der Waals surface area contributed by atoms with E-state index in [-0.39, 0.29) is 11.7 Å². The molecule has 144 valence electrons. The highest BCUT2D eigenvalue weighted by Crippen LogP contribution is 2.27. The highest BCUT2D eigenvalue weighted by atomic mass is 32.2. The molecule has 29 heavy (non-hydrogen) atoms. The Kier molecular flexibility index (Phi) is 5.77. The Labute approximate surface area is 170 Å². The molecule has 1 amide bonds. The summed E-state index contributed by atoms with van der Waals surface area (Å²) in [5.41, 5.74) is 4.20. The summed E-state index contributed by atoms with van der Waals surface area (Å²) in [5.74, 6) is 1.10. The van der Waals surface area contributed by atoms with Crippen LogP contribution in [0.5, 0.6) is 0 Å². The van der Waals surface area contributed by atoms with Crippen molar-refractivity contribution in [3.05, 3.63) is 79.0 Å². The van der Waals surface area contributed by atoms with Gasteiger partial charge in [0.1, 0.15) is 5.76 Å². The topological polar surface area (TPSA) is 98.2 Å². The predicted molar refractivity (Wildman–Crippen MR) is 110 cm³/mol. The number of carbonyl (C=O) groups excluding carboxylic acids is 1. The van der Waals surface area contributed by atoms with Crippen LogP contribution in [0.15, 0.2) is 87.9 Å². The number of thioether (sulfide) groups is 1. The number of aromatic nitrogens is 4. The highest BCUT2D eigenvalue weighted by Gasteiger charge is 2.17. The van der Waals surface area contributed by atoms with E-state index in [2.05, 4.69) is 25.7 Å². The number of amides is 1. The molecule has 1 aromatic carbocycles. The second-order valence-electron chi connectivity index (χ2n) is 5.82. The van der Waals surface area contributed by atoms with E-state index in [1.165, 1.54) is 24.2 Å². The quantitative estimate of drug-likeness (QED) is 0.289. The van der Waals surface area contributed by atoms with Crippen LogP contribution in [0.4, 0.5) is 0 Å². The minimum atomic E-state index is -0.264. The van der Waals surface area contributed by atoms with Crippen molar-refractivity contribution < 1.29 is 9.21 Å². The molecule has 4 aromatic rings. The van der Waals surface area contributed by atoms with Gasteiger partial charge in [-0.25, -0.2) is 5.43 Å². The zero-order valence-corrected chi connectivity index (χ0v) is 16.0. The van der Waals surface area contributed by atoms with Crippen LogP contribution in [0.3, 0.4) is 0 Å². The monoisotopic (exact) mass is 404 g/mol. The number of hydrogen-bond donors (Lipinski definition) is 1. The van der Waals surface area contributed by atoms with Crippen LogP contribution >= 0.6 is 11.8 Å². The molecule has 0 aliphatic carbocycles. The van der Waals surface area contributed by atoms with E-state index in [1.54, 1.807) is 24.5 Å². The van der Waals surface area contributed by atoms with Crippen LogP contribution in [-0.4, -0.2) is 37.6 Å². The van der Waals surface area contributed by atoms with Crippen molar-refractivity contribution in [3.63, 3.8) is 0 Å². The lowest BCUT2D eigenvalue weighted by Gasteiger charge is -2.09. The molecule has 4 rings (SSSR count). The van der Waals surface area contributed by atoms with Gasteiger partial charge in [-0.15, -0.1) is 10.2 Å². The lowest BCUT2D eigenvalue weighted by molar-refractivity contribution is -0.118. The maximum Gasteiger partial charge on any atom is 0.250 e. The second-order valence-corrected chi connectivity index (χ2v) is 6.76. The van der Waals surface area contributed by atoms with Crippen LogP contribution in [-0.2, 0) is 4.79 Å². The van der Waals surface area contributed by atoms with Gasteiger partial charge in [-0.2, -0.15) is 5.10 Å². The van der Waals surface area contributed by atoms with Gasteiger partial charge in [-0.1, -0.05) is 42.1 Å². The number of carbonyl (C=O) groups is 1. The molecule has 0 unspecified atom stereocenters. The summed E-state index contributed by atoms with van der Waals surface area (Å²) >= 11 is 1.27. The maximum atomic E-state index is 12.1. The minimum absolute atomic E-state index is 0.128. The SMILES string of the molecule is O=C(CSc1nnc(-c2ccccc2)n1-c1cccnc1)N/N=C/c1ccco1. The van der Waals surface area contributed by atoms with E-state index in [0.717, 1.165) is 11.3 Å². The number of benzene rings is 1. The highest BCUT2D eigenvalue weighted by molar-refractivity contribution is 7.99. The molecular weight excluding hydrogens is 388 g/mol. The molecule has 0 saturated heterocycles. The summed E-state index contributed by atoms with van der Waals surface area (Å²) in [7, 11) is 0. The maximum absolute atomic E-state index is 12.1. The van der Waals surface area contributed by atoms with Crippen LogP contribution in [0.25, 0.3) is 17.1 Å². The smallest absolute Gasteiger partial charge is 0.250 e. The van der Waals surface area contributed by atoms with Gasteiger partial charge in [0.25, 0.3) is 5.91 Å². The van der Waals surface area contributed by atoms with Gasteiger partial charge in [-0.05, 0) is 24.3 Å². The summed E-state index contributed by atoms with van der Waals surface area (Å²) in [6, 6.07) is 17.0. The Morgan fingerprint density at radius 1 is 1.14 bits per heavy atom. The Morgan fingerprint density at radius 2 is 2.03 bits per heavy atom. The van der Waals surface area contributed by atoms with Gasteiger partial charge in [0, 0.05) is 11.8 Å². The van der Waals surface area contributed by atoms with Gasteiger partial charge < -0.3 is 4.42 Å². The Bertz CT molecular complexity index is 1090. The molecule has 0 atom stereocenters. The Balaban J connectivity index is 1.51. The lowest BCUT2D eigenvalue weighted by Crippen LogP contribution is -2.19. The van der Waals surface area contributed by atoms with Crippen molar-refractivity contribution in [2.45, 2.75) is 5.16 Å². The van der Waals surface area contributed by atoms with Gasteiger partial charge >= 0.3 is 0 Å². The van der Waals surface area contributed by atoms with Gasteiger partial charge in [0.2, 0.25) is 0 Å². The molecule has 9 heteroatoms. The number of hydrazone groups is 1. The van der Waals surface area contributed by atoms with Crippen molar-refractivity contribution in [2.75, 3.05) is 5.75 Å². The fraction of sp³-hybridized carbons (Fsp3) is 0.0500. The first-order chi connectivity index (χ1) is 14.3. The second kappa shape index (κ2) is 8.98. The summed E-state index contributed by atoms with van der Waals surface area (Å²) in [4.78, 5) is 16.3. The van der Waals surface area contributed by atoms with E-state index in [0.29, 0.717) is 16.7 Å². The molecule has 3 aromatic heterocycles. The standard InChI is InChI=1S/C20H16N6O2S/c27-18(23-22-13-17-9-5-11-28-17)14-29-20-25-24-19(15-6-2-1-3-7-15)26(20)16-8-4-10-21-12-16/h1-13H,14H2,(H,23,27)/b22-13+. The van der Waals surface area contributed by atoms with Gasteiger partial charge in [0.15, 0.2) is 11.0 Å². The van der Waals surface area contributed by atoms with Crippen LogP contribution < -0.4 is 5.43 Å². The number of furan rings is 1. The molecule has 0 fully saturated rings. The molecule has 0 saturated carbocycles. The first kappa shape index (κ1) is 18.6. The number of nitrogens with one attached hydrogen (secondary N) is 1. The number of pyridine rings is 1. The minimum Gasteiger partial charge on any atom is -0.463 e. The first-order valence-electron chi connectivity index (χ1n) is 8.71. The third-order valence-corrected chi connectivity index (χ3v) is 4.76. The van der Waals surface area contributed by atoms with Crippen molar-refractivity contribution in [3.8, 4) is 17.1 Å². The third-order valence-electron chi connectivity index (χ3n) is 3.83. The Hall–Kier alpha value is -3.72.